The summed E-state index contributed by atoms with van der Waals surface area (Å²) in [5.74, 6) is -1.27. The van der Waals surface area contributed by atoms with Crippen LogP contribution in [0, 0.1) is 0 Å². The number of rotatable bonds is 14. The van der Waals surface area contributed by atoms with Gasteiger partial charge in [-0.2, -0.15) is 0 Å². The quantitative estimate of drug-likeness (QED) is 0.306. The molecule has 1 aromatic carbocycles. The van der Waals surface area contributed by atoms with Crippen molar-refractivity contribution in [2.45, 2.75) is 84.0 Å². The molecule has 1 heterocycles. The average molecular weight is 386 g/mol. The van der Waals surface area contributed by atoms with E-state index in [1.54, 1.807) is 4.90 Å². The van der Waals surface area contributed by atoms with E-state index < -0.39 is 5.97 Å². The number of benzene rings is 1. The molecule has 1 aliphatic rings. The van der Waals surface area contributed by atoms with Crippen LogP contribution >= 0.6 is 0 Å². The van der Waals surface area contributed by atoms with Crippen LogP contribution in [0.5, 0.6) is 0 Å². The fourth-order valence-electron chi connectivity index (χ4n) is 3.90. The molecule has 0 radical (unpaired) electrons. The molecule has 4 heteroatoms. The topological polar surface area (TPSA) is 57.6 Å². The second-order valence-electron chi connectivity index (χ2n) is 7.76. The minimum Gasteiger partial charge on any atom is -0.478 e. The molecule has 0 aromatic heterocycles. The summed E-state index contributed by atoms with van der Waals surface area (Å²) in [5.41, 5.74) is 1.86. The van der Waals surface area contributed by atoms with Crippen LogP contribution in [0.4, 0.5) is 5.69 Å². The highest BCUT2D eigenvalue weighted by Gasteiger charge is 2.32. The SMILES string of the molecule is CCCCCCCCCCCCCCN1C(=O)/C(=C\C(=O)O)c2ccccc21. The summed E-state index contributed by atoms with van der Waals surface area (Å²) in [6.45, 7) is 2.91. The highest BCUT2D eigenvalue weighted by molar-refractivity contribution is 6.34. The number of carboxylic acid groups (broad SMARTS) is 1. The maximum Gasteiger partial charge on any atom is 0.329 e. The smallest absolute Gasteiger partial charge is 0.329 e. The molecule has 28 heavy (non-hydrogen) atoms. The number of nitrogens with zero attached hydrogens (tertiary/aromatic N) is 1. The lowest BCUT2D eigenvalue weighted by Gasteiger charge is -2.16. The number of unbranched alkanes of at least 4 members (excludes halogenated alkanes) is 11. The Labute approximate surface area is 169 Å². The third-order valence-corrected chi connectivity index (χ3v) is 5.46. The number of hydrogen-bond acceptors (Lipinski definition) is 2. The van der Waals surface area contributed by atoms with Gasteiger partial charge in [0, 0.05) is 18.2 Å². The van der Waals surface area contributed by atoms with Gasteiger partial charge in [-0.3, -0.25) is 4.79 Å². The Hall–Kier alpha value is -2.10. The second kappa shape index (κ2) is 12.4. The monoisotopic (exact) mass is 385 g/mol. The summed E-state index contributed by atoms with van der Waals surface area (Å²) >= 11 is 0. The van der Waals surface area contributed by atoms with Gasteiger partial charge in [-0.15, -0.1) is 0 Å². The van der Waals surface area contributed by atoms with E-state index in [4.69, 9.17) is 5.11 Å². The second-order valence-corrected chi connectivity index (χ2v) is 7.76. The molecular formula is C24H35NO3. The number of para-hydroxylation sites is 1. The first-order valence-electron chi connectivity index (χ1n) is 11.0. The number of hydrogen-bond donors (Lipinski definition) is 1. The maximum atomic E-state index is 12.6. The number of anilines is 1. The zero-order valence-corrected chi connectivity index (χ0v) is 17.3. The highest BCUT2D eigenvalue weighted by atomic mass is 16.4. The van der Waals surface area contributed by atoms with E-state index in [1.165, 1.54) is 64.2 Å². The summed E-state index contributed by atoms with van der Waals surface area (Å²) in [6, 6.07) is 7.46. The third kappa shape index (κ3) is 6.81. The van der Waals surface area contributed by atoms with Gasteiger partial charge in [-0.25, -0.2) is 4.79 Å². The molecule has 1 N–H and O–H groups in total. The van der Waals surface area contributed by atoms with Gasteiger partial charge in [0.2, 0.25) is 0 Å². The van der Waals surface area contributed by atoms with Crippen molar-refractivity contribution in [3.05, 3.63) is 35.9 Å². The van der Waals surface area contributed by atoms with E-state index in [2.05, 4.69) is 6.92 Å². The molecule has 0 spiro atoms. The Bertz CT molecular complexity index is 666. The predicted octanol–water partition coefficient (Wildman–Crippen LogP) is 6.20. The average Bonchev–Trinajstić information content (AvgIpc) is 2.94. The van der Waals surface area contributed by atoms with Crippen LogP contribution in [-0.4, -0.2) is 23.5 Å². The number of amides is 1. The van der Waals surface area contributed by atoms with E-state index in [9.17, 15) is 9.59 Å². The maximum absolute atomic E-state index is 12.6. The molecule has 0 bridgehead atoms. The first-order valence-corrected chi connectivity index (χ1v) is 11.0. The van der Waals surface area contributed by atoms with E-state index in [0.29, 0.717) is 12.1 Å². The van der Waals surface area contributed by atoms with Gasteiger partial charge in [0.1, 0.15) is 0 Å². The molecule has 154 valence electrons. The lowest BCUT2D eigenvalue weighted by molar-refractivity contribution is -0.131. The summed E-state index contributed by atoms with van der Waals surface area (Å²) in [4.78, 5) is 25.4. The van der Waals surface area contributed by atoms with Gasteiger partial charge in [-0.05, 0) is 12.5 Å². The van der Waals surface area contributed by atoms with Crippen molar-refractivity contribution in [3.63, 3.8) is 0 Å². The van der Waals surface area contributed by atoms with Gasteiger partial charge >= 0.3 is 5.97 Å². The minimum absolute atomic E-state index is 0.188. The summed E-state index contributed by atoms with van der Waals surface area (Å²) in [5, 5.41) is 9.04. The van der Waals surface area contributed by atoms with Crippen molar-refractivity contribution in [1.82, 2.24) is 0 Å². The number of carboxylic acids is 1. The summed E-state index contributed by atoms with van der Waals surface area (Å²) < 4.78 is 0. The molecular weight excluding hydrogens is 350 g/mol. The number of carbonyl (C=O) groups excluding carboxylic acids is 1. The molecule has 0 saturated carbocycles. The van der Waals surface area contributed by atoms with Crippen LogP contribution < -0.4 is 4.90 Å². The Kier molecular flexibility index (Phi) is 9.81. The van der Waals surface area contributed by atoms with Crippen molar-refractivity contribution in [1.29, 1.82) is 0 Å². The largest absolute Gasteiger partial charge is 0.478 e. The molecule has 1 aliphatic heterocycles. The Morgan fingerprint density at radius 1 is 0.893 bits per heavy atom. The lowest BCUT2D eigenvalue weighted by Crippen LogP contribution is -2.27. The van der Waals surface area contributed by atoms with Crippen LogP contribution in [0.1, 0.15) is 89.5 Å². The number of fused-ring (bicyclic) bond motifs is 1. The lowest BCUT2D eigenvalue weighted by atomic mass is 10.1. The normalized spacial score (nSPS) is 14.7. The van der Waals surface area contributed by atoms with Gasteiger partial charge < -0.3 is 10.0 Å². The van der Waals surface area contributed by atoms with E-state index in [-0.39, 0.29) is 5.91 Å². The zero-order valence-electron chi connectivity index (χ0n) is 17.3. The summed E-state index contributed by atoms with van der Waals surface area (Å²) in [6.07, 6.45) is 16.4. The van der Waals surface area contributed by atoms with Crippen LogP contribution in [0.3, 0.4) is 0 Å². The van der Waals surface area contributed by atoms with E-state index >= 15 is 0 Å². The molecule has 4 nitrogen and oxygen atoms in total. The van der Waals surface area contributed by atoms with Crippen LogP contribution in [0.25, 0.3) is 5.57 Å². The van der Waals surface area contributed by atoms with Crippen molar-refractivity contribution in [3.8, 4) is 0 Å². The minimum atomic E-state index is -1.08. The molecule has 0 aliphatic carbocycles. The standard InChI is InChI=1S/C24H35NO3/c1-2-3-4-5-6-7-8-9-10-11-12-15-18-25-22-17-14-13-16-20(22)21(24(25)28)19-23(26)27/h13-14,16-17,19H,2-12,15,18H2,1H3,(H,26,27)/b21-19-. The number of aliphatic carboxylic acids is 1. The molecule has 0 saturated heterocycles. The van der Waals surface area contributed by atoms with E-state index in [0.717, 1.165) is 30.2 Å². The molecule has 0 fully saturated rings. The highest BCUT2D eigenvalue weighted by Crippen LogP contribution is 2.36. The molecule has 1 amide bonds. The fourth-order valence-corrected chi connectivity index (χ4v) is 3.90. The third-order valence-electron chi connectivity index (χ3n) is 5.46. The molecule has 1 aromatic rings. The van der Waals surface area contributed by atoms with Crippen molar-refractivity contribution < 1.29 is 14.7 Å². The van der Waals surface area contributed by atoms with Gasteiger partial charge in [0.25, 0.3) is 5.91 Å². The Morgan fingerprint density at radius 3 is 2.00 bits per heavy atom. The van der Waals surface area contributed by atoms with Crippen molar-refractivity contribution in [2.24, 2.45) is 0 Å². The van der Waals surface area contributed by atoms with E-state index in [1.807, 2.05) is 24.3 Å². The number of carbonyl (C=O) groups is 2. The van der Waals surface area contributed by atoms with Crippen molar-refractivity contribution >= 4 is 23.1 Å². The first kappa shape index (κ1) is 22.2. The van der Waals surface area contributed by atoms with Gasteiger partial charge in [0.15, 0.2) is 0 Å². The Balaban J connectivity index is 1.64. The zero-order chi connectivity index (χ0) is 20.2. The fraction of sp³-hybridized carbons (Fsp3) is 0.583. The molecule has 2 rings (SSSR count). The molecule has 0 atom stereocenters. The summed E-state index contributed by atoms with van der Waals surface area (Å²) in [7, 11) is 0. The predicted molar refractivity (Wildman–Crippen MR) is 115 cm³/mol. The van der Waals surface area contributed by atoms with Gasteiger partial charge in [-0.1, -0.05) is 95.8 Å². The first-order chi connectivity index (χ1) is 13.6. The van der Waals surface area contributed by atoms with Crippen LogP contribution in [0.2, 0.25) is 0 Å². The van der Waals surface area contributed by atoms with Crippen molar-refractivity contribution in [2.75, 3.05) is 11.4 Å². The van der Waals surface area contributed by atoms with Crippen LogP contribution in [-0.2, 0) is 9.59 Å². The van der Waals surface area contributed by atoms with Gasteiger partial charge in [0.05, 0.1) is 11.3 Å². The van der Waals surface area contributed by atoms with Crippen LogP contribution in [0.15, 0.2) is 30.3 Å². The molecule has 0 unspecified atom stereocenters. The Morgan fingerprint density at radius 2 is 1.43 bits per heavy atom.